The van der Waals surface area contributed by atoms with Gasteiger partial charge in [-0.2, -0.15) is 0 Å². The number of aromatic nitrogens is 2. The number of allylic oxidation sites excluding steroid dienone is 1. The van der Waals surface area contributed by atoms with Crippen molar-refractivity contribution in [3.63, 3.8) is 0 Å². The Labute approximate surface area is 243 Å². The summed E-state index contributed by atoms with van der Waals surface area (Å²) in [5, 5.41) is 9.86. The summed E-state index contributed by atoms with van der Waals surface area (Å²) in [6.07, 6.45) is 1.78. The number of carbonyl (C=O) groups is 2. The zero-order chi connectivity index (χ0) is 29.6. The number of benzene rings is 2. The molecule has 9 nitrogen and oxygen atoms in total. The minimum Gasteiger partial charge on any atom is -0.496 e. The number of thiazole rings is 1. The number of carboxylic acid groups (broad SMARTS) is 1. The Balaban J connectivity index is 1.72. The van der Waals surface area contributed by atoms with Gasteiger partial charge in [0.1, 0.15) is 11.8 Å². The summed E-state index contributed by atoms with van der Waals surface area (Å²) in [6.45, 7) is 5.52. The zero-order valence-corrected chi connectivity index (χ0v) is 24.5. The molecule has 0 spiro atoms. The lowest BCUT2D eigenvalue weighted by Crippen LogP contribution is -2.40. The smallest absolute Gasteiger partial charge is 0.338 e. The van der Waals surface area contributed by atoms with Gasteiger partial charge in [0.15, 0.2) is 4.80 Å². The first kappa shape index (κ1) is 28.1. The van der Waals surface area contributed by atoms with Crippen molar-refractivity contribution < 1.29 is 24.2 Å². The van der Waals surface area contributed by atoms with E-state index in [-0.39, 0.29) is 16.7 Å². The molecule has 1 N–H and O–H groups in total. The van der Waals surface area contributed by atoms with Gasteiger partial charge in [-0.3, -0.25) is 9.36 Å². The number of hydrogen-bond donors (Lipinski definition) is 1. The maximum Gasteiger partial charge on any atom is 0.338 e. The molecule has 0 saturated carbocycles. The van der Waals surface area contributed by atoms with Crippen molar-refractivity contribution in [2.75, 3.05) is 14.2 Å². The average molecular weight is 592 g/mol. The Kier molecular flexibility index (Phi) is 7.46. The van der Waals surface area contributed by atoms with Gasteiger partial charge >= 0.3 is 11.9 Å². The van der Waals surface area contributed by atoms with E-state index >= 15 is 0 Å². The normalized spacial score (nSPS) is 15.0. The van der Waals surface area contributed by atoms with Crippen molar-refractivity contribution in [1.82, 2.24) is 9.13 Å². The number of esters is 1. The van der Waals surface area contributed by atoms with Crippen molar-refractivity contribution in [2.24, 2.45) is 4.99 Å². The Bertz CT molecular complexity index is 1950. The van der Waals surface area contributed by atoms with E-state index in [1.807, 2.05) is 30.5 Å². The van der Waals surface area contributed by atoms with Gasteiger partial charge in [0.2, 0.25) is 0 Å². The third-order valence-electron chi connectivity index (χ3n) is 7.02. The van der Waals surface area contributed by atoms with Crippen LogP contribution in [-0.2, 0) is 9.53 Å². The third kappa shape index (κ3) is 4.89. The molecule has 1 atom stereocenters. The second-order valence-corrected chi connectivity index (χ2v) is 10.9. The van der Waals surface area contributed by atoms with Crippen LogP contribution in [0.2, 0.25) is 5.02 Å². The first-order chi connectivity index (χ1) is 19.5. The fourth-order valence-corrected chi connectivity index (χ4v) is 6.37. The van der Waals surface area contributed by atoms with Crippen molar-refractivity contribution >= 4 is 41.0 Å². The highest BCUT2D eigenvalue weighted by Crippen LogP contribution is 2.37. The number of rotatable bonds is 6. The lowest BCUT2D eigenvalue weighted by molar-refractivity contribution is -0.136. The number of carboxylic acids is 1. The minimum absolute atomic E-state index is 0.179. The Morgan fingerprint density at radius 2 is 1.85 bits per heavy atom. The van der Waals surface area contributed by atoms with Crippen molar-refractivity contribution in [3.8, 4) is 11.4 Å². The van der Waals surface area contributed by atoms with Gasteiger partial charge in [-0.15, -0.1) is 0 Å². The molecule has 0 saturated heterocycles. The van der Waals surface area contributed by atoms with Crippen LogP contribution >= 0.6 is 22.9 Å². The van der Waals surface area contributed by atoms with Crippen LogP contribution in [0.15, 0.2) is 69.6 Å². The van der Waals surface area contributed by atoms with E-state index < -0.39 is 18.0 Å². The number of fused-ring (bicyclic) bond motifs is 1. The number of aromatic carboxylic acids is 1. The second-order valence-electron chi connectivity index (χ2n) is 9.48. The summed E-state index contributed by atoms with van der Waals surface area (Å²) in [6, 6.07) is 12.8. The minimum atomic E-state index is -1.01. The van der Waals surface area contributed by atoms with Crippen LogP contribution in [0.25, 0.3) is 11.8 Å². The molecule has 0 fully saturated rings. The highest BCUT2D eigenvalue weighted by atomic mass is 35.5. The van der Waals surface area contributed by atoms with Crippen LogP contribution in [-0.4, -0.2) is 40.4 Å². The van der Waals surface area contributed by atoms with E-state index in [1.54, 1.807) is 43.3 Å². The van der Waals surface area contributed by atoms with E-state index in [1.165, 1.54) is 36.2 Å². The summed E-state index contributed by atoms with van der Waals surface area (Å²) in [5.74, 6) is -1.17. The van der Waals surface area contributed by atoms with Gasteiger partial charge in [-0.1, -0.05) is 29.0 Å². The summed E-state index contributed by atoms with van der Waals surface area (Å²) >= 11 is 7.55. The maximum absolute atomic E-state index is 14.0. The zero-order valence-electron chi connectivity index (χ0n) is 22.9. The van der Waals surface area contributed by atoms with Gasteiger partial charge in [-0.05, 0) is 74.9 Å². The average Bonchev–Trinajstić information content (AvgIpc) is 3.40. The van der Waals surface area contributed by atoms with Crippen LogP contribution in [0.5, 0.6) is 5.75 Å². The number of aryl methyl sites for hydroxylation is 1. The molecule has 0 amide bonds. The number of ether oxygens (including phenoxy) is 2. The highest BCUT2D eigenvalue weighted by molar-refractivity contribution is 7.07. The number of methoxy groups -OCH3 is 2. The summed E-state index contributed by atoms with van der Waals surface area (Å²) in [4.78, 5) is 43.5. The summed E-state index contributed by atoms with van der Waals surface area (Å²) in [7, 11) is 2.79. The lowest BCUT2D eigenvalue weighted by atomic mass is 9.95. The molecule has 41 heavy (non-hydrogen) atoms. The Morgan fingerprint density at radius 1 is 1.10 bits per heavy atom. The molecule has 1 aliphatic rings. The Hall–Kier alpha value is -4.41. The van der Waals surface area contributed by atoms with Gasteiger partial charge in [-0.25, -0.2) is 14.6 Å². The van der Waals surface area contributed by atoms with E-state index in [4.69, 9.17) is 21.1 Å². The van der Waals surface area contributed by atoms with Crippen molar-refractivity contribution in [2.45, 2.75) is 26.8 Å². The van der Waals surface area contributed by atoms with E-state index in [2.05, 4.69) is 4.99 Å². The first-order valence-electron chi connectivity index (χ1n) is 12.5. The van der Waals surface area contributed by atoms with Crippen molar-refractivity contribution in [3.05, 3.63) is 113 Å². The van der Waals surface area contributed by atoms with Gasteiger partial charge in [0.25, 0.3) is 5.56 Å². The molecule has 0 unspecified atom stereocenters. The van der Waals surface area contributed by atoms with Gasteiger partial charge in [0.05, 0.1) is 35.6 Å². The van der Waals surface area contributed by atoms with E-state index in [9.17, 15) is 19.5 Å². The lowest BCUT2D eigenvalue weighted by Gasteiger charge is -2.25. The molecule has 11 heteroatoms. The number of nitrogens with zero attached hydrogens (tertiary/aromatic N) is 3. The topological polar surface area (TPSA) is 112 Å². The summed E-state index contributed by atoms with van der Waals surface area (Å²) in [5.41, 5.74) is 4.19. The van der Waals surface area contributed by atoms with E-state index in [0.717, 1.165) is 17.0 Å². The second kappa shape index (κ2) is 10.9. The standard InChI is InChI=1S/C30H26ClN3O6S/c1-15-11-19(17(3)33(15)21-8-6-7-18(12-21)28(36)37)13-24-27(35)34-26(22-14-20(31)9-10-23(22)39-4)25(29(38)40-5)16(2)32-30(34)41-24/h6-14,26H,1-5H3,(H,36,37)/b24-13-/t26-/m1/s1. The van der Waals surface area contributed by atoms with Crippen LogP contribution in [0, 0.1) is 13.8 Å². The SMILES string of the molecule is COC(=O)C1=C(C)N=c2s/c(=C\c3cc(C)n(-c4cccc(C(=O)O)c4)c3C)c(=O)n2[C@@H]1c1cc(Cl)ccc1OC. The quantitative estimate of drug-likeness (QED) is 0.337. The molecule has 1 aliphatic heterocycles. The number of carbonyl (C=O) groups excluding carboxylic acids is 1. The molecular formula is C30H26ClN3O6S. The predicted octanol–water partition coefficient (Wildman–Crippen LogP) is 4.18. The van der Waals surface area contributed by atoms with Crippen LogP contribution in [0.4, 0.5) is 0 Å². The van der Waals surface area contributed by atoms with Crippen molar-refractivity contribution in [1.29, 1.82) is 0 Å². The van der Waals surface area contributed by atoms with Gasteiger partial charge < -0.3 is 19.1 Å². The Morgan fingerprint density at radius 3 is 2.54 bits per heavy atom. The monoisotopic (exact) mass is 591 g/mol. The molecule has 0 radical (unpaired) electrons. The molecular weight excluding hydrogens is 566 g/mol. The van der Waals surface area contributed by atoms with Crippen LogP contribution in [0.3, 0.4) is 0 Å². The molecule has 0 aliphatic carbocycles. The number of halogens is 1. The molecule has 3 heterocycles. The fraction of sp³-hybridized carbons (Fsp3) is 0.200. The molecule has 210 valence electrons. The molecule has 2 aromatic carbocycles. The molecule has 4 aromatic rings. The fourth-order valence-electron chi connectivity index (χ4n) is 5.16. The van der Waals surface area contributed by atoms with Gasteiger partial charge in [0, 0.05) is 27.7 Å². The largest absolute Gasteiger partial charge is 0.496 e. The first-order valence-corrected chi connectivity index (χ1v) is 13.7. The number of hydrogen-bond acceptors (Lipinski definition) is 7. The molecule has 2 aromatic heterocycles. The molecule has 5 rings (SSSR count). The molecule has 0 bridgehead atoms. The summed E-state index contributed by atoms with van der Waals surface area (Å²) < 4.78 is 14.5. The van der Waals surface area contributed by atoms with E-state index in [0.29, 0.717) is 37.1 Å². The predicted molar refractivity (Wildman–Crippen MR) is 156 cm³/mol. The highest BCUT2D eigenvalue weighted by Gasteiger charge is 2.35. The third-order valence-corrected chi connectivity index (χ3v) is 8.24. The van der Waals surface area contributed by atoms with Crippen LogP contribution < -0.4 is 19.6 Å². The maximum atomic E-state index is 14.0. The van der Waals surface area contributed by atoms with Crippen LogP contribution in [0.1, 0.15) is 45.8 Å².